The van der Waals surface area contributed by atoms with Crippen molar-refractivity contribution in [2.45, 2.75) is 20.8 Å². The maximum atomic E-state index is 14.3. The van der Waals surface area contributed by atoms with E-state index in [4.69, 9.17) is 22.8 Å². The first-order valence-electron chi connectivity index (χ1n) is 7.22. The summed E-state index contributed by atoms with van der Waals surface area (Å²) in [6.07, 6.45) is 5.12. The van der Waals surface area contributed by atoms with Gasteiger partial charge in [-0.1, -0.05) is 17.5 Å². The van der Waals surface area contributed by atoms with Gasteiger partial charge in [-0.15, -0.1) is 6.42 Å². The fourth-order valence-corrected chi connectivity index (χ4v) is 2.64. The van der Waals surface area contributed by atoms with Gasteiger partial charge in [0.2, 0.25) is 0 Å². The van der Waals surface area contributed by atoms with E-state index in [1.165, 1.54) is 11.0 Å². The minimum absolute atomic E-state index is 0.000352. The Morgan fingerprint density at radius 1 is 1.38 bits per heavy atom. The van der Waals surface area contributed by atoms with Crippen LogP contribution in [-0.2, 0) is 4.79 Å². The standard InChI is InChI=1S/C17H16ClFN2O3/c1-5-7-24-14-9-13(12(19)8-11(14)18)21-16(22)15(10(3)4)20(6-2)17(21)23/h1,8-9H,6-7H2,2-4H3. The van der Waals surface area contributed by atoms with Crippen LogP contribution in [-0.4, -0.2) is 30.0 Å². The topological polar surface area (TPSA) is 49.9 Å². The first-order valence-corrected chi connectivity index (χ1v) is 7.60. The van der Waals surface area contributed by atoms with Crippen molar-refractivity contribution in [3.8, 4) is 18.1 Å². The Morgan fingerprint density at radius 3 is 2.54 bits per heavy atom. The Labute approximate surface area is 144 Å². The van der Waals surface area contributed by atoms with Crippen LogP contribution in [0, 0.1) is 18.2 Å². The van der Waals surface area contributed by atoms with Gasteiger partial charge in [0, 0.05) is 12.6 Å². The molecule has 5 nitrogen and oxygen atoms in total. The Hall–Kier alpha value is -2.52. The van der Waals surface area contributed by atoms with Crippen LogP contribution < -0.4 is 9.64 Å². The van der Waals surface area contributed by atoms with Crippen molar-refractivity contribution in [2.24, 2.45) is 0 Å². The summed E-state index contributed by atoms with van der Waals surface area (Å²) >= 11 is 5.91. The molecule has 1 saturated heterocycles. The predicted molar refractivity (Wildman–Crippen MR) is 89.4 cm³/mol. The van der Waals surface area contributed by atoms with Crippen molar-refractivity contribution < 1.29 is 18.7 Å². The zero-order chi connectivity index (χ0) is 18.0. The van der Waals surface area contributed by atoms with E-state index in [9.17, 15) is 14.0 Å². The first kappa shape index (κ1) is 17.8. The number of amides is 3. The monoisotopic (exact) mass is 350 g/mol. The number of nitrogens with zero attached hydrogens (tertiary/aromatic N) is 2. The molecule has 0 saturated carbocycles. The number of carbonyl (C=O) groups excluding carboxylic acids is 2. The van der Waals surface area contributed by atoms with Gasteiger partial charge in [0.15, 0.2) is 0 Å². The summed E-state index contributed by atoms with van der Waals surface area (Å²) in [5.41, 5.74) is 0.676. The van der Waals surface area contributed by atoms with E-state index in [1.54, 1.807) is 20.8 Å². The summed E-state index contributed by atoms with van der Waals surface area (Å²) in [6, 6.07) is 1.56. The van der Waals surface area contributed by atoms with Crippen LogP contribution in [0.25, 0.3) is 0 Å². The highest BCUT2D eigenvalue weighted by Gasteiger charge is 2.43. The fraction of sp³-hybridized carbons (Fsp3) is 0.294. The number of halogens is 2. The molecule has 1 aromatic rings. The van der Waals surface area contributed by atoms with Gasteiger partial charge in [0.25, 0.3) is 5.91 Å². The number of hydrogen-bond donors (Lipinski definition) is 0. The minimum Gasteiger partial charge on any atom is -0.479 e. The summed E-state index contributed by atoms with van der Waals surface area (Å²) < 4.78 is 19.6. The molecule has 0 unspecified atom stereocenters. The van der Waals surface area contributed by atoms with Gasteiger partial charge in [-0.25, -0.2) is 14.1 Å². The number of ether oxygens (including phenoxy) is 1. The third-order valence-corrected chi connectivity index (χ3v) is 3.74. The number of carbonyl (C=O) groups is 2. The molecule has 1 heterocycles. The van der Waals surface area contributed by atoms with Crippen LogP contribution in [0.3, 0.4) is 0 Å². The lowest BCUT2D eigenvalue weighted by atomic mass is 10.2. The van der Waals surface area contributed by atoms with E-state index in [-0.39, 0.29) is 35.3 Å². The third-order valence-electron chi connectivity index (χ3n) is 3.44. The molecule has 2 rings (SSSR count). The van der Waals surface area contributed by atoms with Gasteiger partial charge in [0.1, 0.15) is 23.9 Å². The molecule has 0 radical (unpaired) electrons. The van der Waals surface area contributed by atoms with Crippen LogP contribution in [0.15, 0.2) is 23.4 Å². The number of anilines is 1. The zero-order valence-electron chi connectivity index (χ0n) is 13.5. The van der Waals surface area contributed by atoms with Crippen LogP contribution in [0.4, 0.5) is 14.9 Å². The molecule has 0 N–H and O–H groups in total. The van der Waals surface area contributed by atoms with Gasteiger partial charge in [-0.2, -0.15) is 0 Å². The smallest absolute Gasteiger partial charge is 0.336 e. The number of urea groups is 1. The molecule has 0 atom stereocenters. The number of hydrogen-bond acceptors (Lipinski definition) is 3. The predicted octanol–water partition coefficient (Wildman–Crippen LogP) is 3.57. The molecule has 1 aliphatic rings. The van der Waals surface area contributed by atoms with Gasteiger partial charge < -0.3 is 4.74 Å². The van der Waals surface area contributed by atoms with Crippen molar-refractivity contribution in [1.29, 1.82) is 0 Å². The van der Waals surface area contributed by atoms with E-state index >= 15 is 0 Å². The lowest BCUT2D eigenvalue weighted by Gasteiger charge is -2.17. The normalized spacial score (nSPS) is 14.2. The van der Waals surface area contributed by atoms with E-state index < -0.39 is 17.8 Å². The van der Waals surface area contributed by atoms with Crippen molar-refractivity contribution in [2.75, 3.05) is 18.1 Å². The maximum absolute atomic E-state index is 14.3. The minimum atomic E-state index is -0.805. The molecule has 24 heavy (non-hydrogen) atoms. The molecular formula is C17H16ClFN2O3. The van der Waals surface area contributed by atoms with Gasteiger partial charge in [-0.3, -0.25) is 9.69 Å². The largest absolute Gasteiger partial charge is 0.479 e. The van der Waals surface area contributed by atoms with Gasteiger partial charge >= 0.3 is 6.03 Å². The lowest BCUT2D eigenvalue weighted by molar-refractivity contribution is -0.114. The Balaban J connectivity index is 2.56. The average molecular weight is 351 g/mol. The number of likely N-dealkylation sites (N-methyl/N-ethyl adjacent to an activating group) is 1. The second-order valence-electron chi connectivity index (χ2n) is 5.24. The second kappa shape index (κ2) is 6.93. The van der Waals surface area contributed by atoms with E-state index in [1.807, 2.05) is 0 Å². The van der Waals surface area contributed by atoms with Gasteiger partial charge in [0.05, 0.1) is 10.7 Å². The first-order chi connectivity index (χ1) is 11.3. The molecule has 0 spiro atoms. The summed E-state index contributed by atoms with van der Waals surface area (Å²) in [7, 11) is 0. The SMILES string of the molecule is C#CCOc1cc(N2C(=O)C(=C(C)C)N(CC)C2=O)c(F)cc1Cl. The zero-order valence-corrected chi connectivity index (χ0v) is 14.3. The molecular weight excluding hydrogens is 335 g/mol. The molecule has 1 fully saturated rings. The summed E-state index contributed by atoms with van der Waals surface area (Å²) in [6.45, 7) is 5.38. The molecule has 0 bridgehead atoms. The van der Waals surface area contributed by atoms with Crippen molar-refractivity contribution in [3.05, 3.63) is 34.2 Å². The summed E-state index contributed by atoms with van der Waals surface area (Å²) in [4.78, 5) is 27.2. The summed E-state index contributed by atoms with van der Waals surface area (Å²) in [5, 5.41) is 0.000352. The average Bonchev–Trinajstić information content (AvgIpc) is 2.77. The van der Waals surface area contributed by atoms with Gasteiger partial charge in [-0.05, 0) is 32.4 Å². The highest BCUT2D eigenvalue weighted by atomic mass is 35.5. The van der Waals surface area contributed by atoms with Crippen LogP contribution in [0.1, 0.15) is 20.8 Å². The molecule has 7 heteroatoms. The molecule has 126 valence electrons. The number of benzene rings is 1. The molecule has 0 aromatic heterocycles. The second-order valence-corrected chi connectivity index (χ2v) is 5.65. The quantitative estimate of drug-likeness (QED) is 0.474. The van der Waals surface area contributed by atoms with Crippen molar-refractivity contribution in [3.63, 3.8) is 0 Å². The van der Waals surface area contributed by atoms with E-state index in [2.05, 4.69) is 5.92 Å². The fourth-order valence-electron chi connectivity index (χ4n) is 2.43. The molecule has 1 aromatic carbocycles. The van der Waals surface area contributed by atoms with Crippen molar-refractivity contribution in [1.82, 2.24) is 4.90 Å². The number of imide groups is 1. The van der Waals surface area contributed by atoms with Crippen LogP contribution >= 0.6 is 11.6 Å². The molecule has 3 amide bonds. The third kappa shape index (κ3) is 2.95. The van der Waals surface area contributed by atoms with Crippen LogP contribution in [0.5, 0.6) is 5.75 Å². The molecule has 0 aliphatic carbocycles. The Morgan fingerprint density at radius 2 is 2.04 bits per heavy atom. The Bertz CT molecular complexity index is 779. The number of allylic oxidation sites excluding steroid dienone is 1. The molecule has 1 aliphatic heterocycles. The summed E-state index contributed by atoms with van der Waals surface area (Å²) in [5.74, 6) is 0.966. The lowest BCUT2D eigenvalue weighted by Crippen LogP contribution is -2.33. The Kier molecular flexibility index (Phi) is 5.15. The number of terminal acetylenes is 1. The van der Waals surface area contributed by atoms with Crippen molar-refractivity contribution >= 4 is 29.2 Å². The van der Waals surface area contributed by atoms with E-state index in [0.717, 1.165) is 11.0 Å². The maximum Gasteiger partial charge on any atom is 0.336 e. The van der Waals surface area contributed by atoms with Crippen LogP contribution in [0.2, 0.25) is 5.02 Å². The number of rotatable bonds is 4. The highest BCUT2D eigenvalue weighted by molar-refractivity contribution is 6.32. The highest BCUT2D eigenvalue weighted by Crippen LogP contribution is 2.36. The van der Waals surface area contributed by atoms with E-state index in [0.29, 0.717) is 5.57 Å².